The van der Waals surface area contributed by atoms with Gasteiger partial charge in [0.1, 0.15) is 34.1 Å². The van der Waals surface area contributed by atoms with Gasteiger partial charge >= 0.3 is 11.9 Å². The van der Waals surface area contributed by atoms with Gasteiger partial charge in [-0.25, -0.2) is 0 Å². The maximum Gasteiger partial charge on any atom is 0.311 e. The third-order valence-electron chi connectivity index (χ3n) is 12.2. The Labute approximate surface area is 453 Å². The number of Topliss-reactive ketones (excluding diaryl/α,β-unsaturated/α-hetero) is 3. The van der Waals surface area contributed by atoms with Gasteiger partial charge in [0.2, 0.25) is 0 Å². The largest absolute Gasteiger partial charge is 0.506 e. The van der Waals surface area contributed by atoms with Crippen LogP contribution in [0.1, 0.15) is 124 Å². The minimum absolute atomic E-state index is 0. The number of allylic oxidation sites excluding steroid dienone is 4. The van der Waals surface area contributed by atoms with Crippen molar-refractivity contribution in [2.24, 2.45) is 33.9 Å². The summed E-state index contributed by atoms with van der Waals surface area (Å²) in [4.78, 5) is 70.1. The normalized spacial score (nSPS) is 16.9. The van der Waals surface area contributed by atoms with E-state index in [-0.39, 0.29) is 84.6 Å². The van der Waals surface area contributed by atoms with E-state index in [1.54, 1.807) is 30.6 Å². The summed E-state index contributed by atoms with van der Waals surface area (Å²) in [5.74, 6) is 0.557. The molecule has 4 atom stereocenters. The SMILES string of the molecule is CC/C=C\CC1C(=O)CCC1CC(=O)O.CC/C=C\CC1C(=O)CCC1CC(=O)Oc1cccc2cccnc12.CCC(=O)CCCCN(C)C.CCN=NCCCN(C)C.Cl.Cl.Oc1cccc2cccnc12. The van der Waals surface area contributed by atoms with Crippen LogP contribution in [0.2, 0.25) is 0 Å². The number of azo groups is 1. The molecule has 0 bridgehead atoms. The van der Waals surface area contributed by atoms with Crippen molar-refractivity contribution >= 4 is 75.9 Å². The third-order valence-corrected chi connectivity index (χ3v) is 12.2. The monoisotopic (exact) mass is 1060 g/mol. The number of para-hydroxylation sites is 2. The van der Waals surface area contributed by atoms with E-state index in [2.05, 4.69) is 77.3 Å². The lowest BCUT2D eigenvalue weighted by molar-refractivity contribution is -0.139. The van der Waals surface area contributed by atoms with Gasteiger partial charge in [-0.2, -0.15) is 10.2 Å². The zero-order valence-corrected chi connectivity index (χ0v) is 47.0. The number of rotatable bonds is 22. The van der Waals surface area contributed by atoms with Crippen molar-refractivity contribution in [3.05, 3.63) is 97.4 Å². The van der Waals surface area contributed by atoms with Crippen molar-refractivity contribution in [1.29, 1.82) is 0 Å². The number of esters is 1. The van der Waals surface area contributed by atoms with Gasteiger partial charge in [0.05, 0.1) is 13.1 Å². The van der Waals surface area contributed by atoms with Gasteiger partial charge in [-0.1, -0.05) is 81.5 Å². The van der Waals surface area contributed by atoms with Gasteiger partial charge in [-0.3, -0.25) is 33.9 Å². The second-order valence-electron chi connectivity index (χ2n) is 18.6. The molecule has 2 fully saturated rings. The number of carbonyl (C=O) groups is 5. The second-order valence-corrected chi connectivity index (χ2v) is 18.6. The third kappa shape index (κ3) is 28.3. The Morgan fingerprint density at radius 1 is 0.676 bits per heavy atom. The summed E-state index contributed by atoms with van der Waals surface area (Å²) >= 11 is 0. The predicted octanol–water partition coefficient (Wildman–Crippen LogP) is 12.8. The number of aliphatic carboxylic acids is 1. The lowest BCUT2D eigenvalue weighted by Crippen LogP contribution is -2.20. The Morgan fingerprint density at radius 3 is 1.70 bits per heavy atom. The number of aromatic hydroxyl groups is 1. The lowest BCUT2D eigenvalue weighted by Gasteiger charge is -2.16. The number of phenolic OH excluding ortho intramolecular Hbond substituents is 1. The van der Waals surface area contributed by atoms with Gasteiger partial charge in [0, 0.05) is 73.5 Å². The van der Waals surface area contributed by atoms with Crippen LogP contribution in [-0.2, 0) is 24.0 Å². The molecule has 0 saturated heterocycles. The molecule has 16 heteroatoms. The first-order chi connectivity index (χ1) is 34.6. The molecule has 0 amide bonds. The summed E-state index contributed by atoms with van der Waals surface area (Å²) in [6.07, 6.45) is 22.7. The number of halogens is 2. The Balaban J connectivity index is 0.000000945. The number of aromatic nitrogens is 2. The molecule has 6 rings (SSSR count). The number of hydrogen-bond donors (Lipinski definition) is 2. The van der Waals surface area contributed by atoms with Crippen LogP contribution in [0.15, 0.2) is 108 Å². The Morgan fingerprint density at radius 2 is 1.19 bits per heavy atom. The number of carboxylic acids is 1. The molecule has 0 spiro atoms. The molecule has 14 nitrogen and oxygen atoms in total. The number of pyridine rings is 2. The molecule has 2 aromatic heterocycles. The molecule has 4 aromatic rings. The number of fused-ring (bicyclic) bond motifs is 2. The standard InChI is InChI=1S/C21H23NO3.C12H18O3.C9H7NO.C9H19NO.C7H17N3.2ClH/c1-2-3-4-9-17-16(11-12-18(17)23)14-20(24)25-19-10-5-7-15-8-6-13-22-21(15)19;1-2-3-4-5-10-9(8-12(14)15)6-7-11(10)13;11-8-5-1-3-7-4-2-6-10-9(7)8;1-4-9(11)7-5-6-8-10(2)3;1-4-8-9-6-5-7-10(2)3;;/h3-8,10,13,16-17H,2,9,11-12,14H2,1H3;3-4,9-10H,2,5-8H2,1H3,(H,14,15);1-6,11H;4-8H2,1-3H3;4-7H2,1-3H3;2*1H/b2*4-3-;;;;;. The fourth-order valence-corrected chi connectivity index (χ4v) is 8.31. The maximum atomic E-state index is 12.4. The molecule has 4 unspecified atom stereocenters. The highest BCUT2D eigenvalue weighted by Crippen LogP contribution is 2.36. The number of unbranched alkanes of at least 4 members (excludes halogenated alkanes) is 1. The number of carboxylic acid groups (broad SMARTS) is 1. The zero-order chi connectivity index (χ0) is 53.1. The fourth-order valence-electron chi connectivity index (χ4n) is 8.31. The average molecular weight is 1070 g/mol. The molecule has 2 N–H and O–H groups in total. The highest BCUT2D eigenvalue weighted by atomic mass is 35.5. The van der Waals surface area contributed by atoms with Gasteiger partial charge in [-0.15, -0.1) is 24.8 Å². The zero-order valence-electron chi connectivity index (χ0n) is 45.3. The smallest absolute Gasteiger partial charge is 0.311 e. The molecule has 0 radical (unpaired) electrons. The summed E-state index contributed by atoms with van der Waals surface area (Å²) in [6.45, 7) is 11.9. The first kappa shape index (κ1) is 68.6. The van der Waals surface area contributed by atoms with Crippen LogP contribution in [-0.4, -0.2) is 114 Å². The van der Waals surface area contributed by atoms with Gasteiger partial charge in [0.25, 0.3) is 0 Å². The summed E-state index contributed by atoms with van der Waals surface area (Å²) in [7, 11) is 8.25. The minimum Gasteiger partial charge on any atom is -0.506 e. The highest BCUT2D eigenvalue weighted by molar-refractivity contribution is 5.88. The number of benzene rings is 2. The Bertz CT molecular complexity index is 2310. The average Bonchev–Trinajstić information content (AvgIpc) is 3.89. The molecule has 2 aliphatic carbocycles. The first-order valence-corrected chi connectivity index (χ1v) is 25.9. The number of ketones is 3. The first-order valence-electron chi connectivity index (χ1n) is 25.9. The van der Waals surface area contributed by atoms with Crippen LogP contribution in [0.3, 0.4) is 0 Å². The minimum atomic E-state index is -0.792. The van der Waals surface area contributed by atoms with E-state index in [1.165, 1.54) is 0 Å². The molecule has 0 aliphatic heterocycles. The van der Waals surface area contributed by atoms with Gasteiger partial charge in [-0.05, 0) is 142 Å². The molecule has 74 heavy (non-hydrogen) atoms. The Hall–Kier alpha value is -5.41. The van der Waals surface area contributed by atoms with E-state index in [4.69, 9.17) is 9.84 Å². The van der Waals surface area contributed by atoms with Crippen molar-refractivity contribution in [1.82, 2.24) is 19.8 Å². The van der Waals surface area contributed by atoms with Crippen molar-refractivity contribution in [3.8, 4) is 11.5 Å². The number of nitrogens with zero attached hydrogens (tertiary/aromatic N) is 6. The summed E-state index contributed by atoms with van der Waals surface area (Å²) < 4.78 is 5.57. The van der Waals surface area contributed by atoms with E-state index in [0.717, 1.165) is 94.7 Å². The number of ether oxygens (including phenoxy) is 1. The van der Waals surface area contributed by atoms with E-state index < -0.39 is 5.97 Å². The van der Waals surface area contributed by atoms with E-state index in [0.29, 0.717) is 48.2 Å². The van der Waals surface area contributed by atoms with Crippen LogP contribution in [0.4, 0.5) is 0 Å². The molecular weight excluding hydrogens is 980 g/mol. The van der Waals surface area contributed by atoms with Crippen LogP contribution < -0.4 is 4.74 Å². The number of carbonyl (C=O) groups excluding carboxylic acids is 4. The van der Waals surface area contributed by atoms with E-state index in [1.807, 2.05) is 75.4 Å². The van der Waals surface area contributed by atoms with Crippen molar-refractivity contribution in [3.63, 3.8) is 0 Å². The summed E-state index contributed by atoms with van der Waals surface area (Å²) in [5, 5.41) is 27.8. The molecule has 410 valence electrons. The molecule has 2 aromatic carbocycles. The number of phenols is 1. The summed E-state index contributed by atoms with van der Waals surface area (Å²) in [5.41, 5.74) is 1.35. The summed E-state index contributed by atoms with van der Waals surface area (Å²) in [6, 6.07) is 18.5. The van der Waals surface area contributed by atoms with Crippen LogP contribution in [0.5, 0.6) is 11.5 Å². The van der Waals surface area contributed by atoms with Crippen LogP contribution >= 0.6 is 24.8 Å². The van der Waals surface area contributed by atoms with Crippen LogP contribution in [0, 0.1) is 23.7 Å². The second kappa shape index (κ2) is 40.9. The van der Waals surface area contributed by atoms with Crippen molar-refractivity contribution in [2.75, 3.05) is 54.4 Å². The molecule has 2 saturated carbocycles. The fraction of sp³-hybridized carbons (Fsp3) is 0.534. The van der Waals surface area contributed by atoms with E-state index in [9.17, 15) is 29.1 Å². The van der Waals surface area contributed by atoms with Crippen LogP contribution in [0.25, 0.3) is 21.8 Å². The van der Waals surface area contributed by atoms with Gasteiger partial charge in [0.15, 0.2) is 5.75 Å². The molecular formula is C58H86Cl2N6O8. The van der Waals surface area contributed by atoms with E-state index >= 15 is 0 Å². The lowest BCUT2D eigenvalue weighted by atomic mass is 9.89. The van der Waals surface area contributed by atoms with Crippen molar-refractivity contribution in [2.45, 2.75) is 124 Å². The Kier molecular flexibility index (Phi) is 37.9. The molecule has 2 aliphatic rings. The van der Waals surface area contributed by atoms with Gasteiger partial charge < -0.3 is 24.7 Å². The topological polar surface area (TPSA) is 192 Å². The number of hydrogen-bond acceptors (Lipinski definition) is 13. The highest BCUT2D eigenvalue weighted by Gasteiger charge is 2.36. The predicted molar refractivity (Wildman–Crippen MR) is 304 cm³/mol. The molecule has 2 heterocycles. The van der Waals surface area contributed by atoms with Crippen molar-refractivity contribution < 1.29 is 38.9 Å². The maximum absolute atomic E-state index is 12.4. The quantitative estimate of drug-likeness (QED) is 0.0249.